The van der Waals surface area contributed by atoms with E-state index in [4.69, 9.17) is 0 Å². The van der Waals surface area contributed by atoms with Crippen molar-refractivity contribution in [3.63, 3.8) is 0 Å². The van der Waals surface area contributed by atoms with Gasteiger partial charge in [0.25, 0.3) is 10.0 Å². The number of sulfonamides is 1. The quantitative estimate of drug-likeness (QED) is 0.845. The predicted molar refractivity (Wildman–Crippen MR) is 83.3 cm³/mol. The van der Waals surface area contributed by atoms with Crippen LogP contribution in [-0.4, -0.2) is 19.9 Å². The van der Waals surface area contributed by atoms with Gasteiger partial charge in [-0.3, -0.25) is 9.29 Å². The molecule has 0 spiro atoms. The molecular weight excluding hydrogens is 340 g/mol. The lowest BCUT2D eigenvalue weighted by atomic mass is 10.2. The Morgan fingerprint density at radius 1 is 1.20 bits per heavy atom. The van der Waals surface area contributed by atoms with Gasteiger partial charge in [-0.15, -0.1) is 0 Å². The normalized spacial score (nSPS) is 11.3. The highest BCUT2D eigenvalue weighted by atomic mass is 79.9. The fourth-order valence-electron chi connectivity index (χ4n) is 1.97. The number of rotatable bonds is 4. The van der Waals surface area contributed by atoms with Crippen molar-refractivity contribution in [2.45, 2.75) is 18.7 Å². The maximum Gasteiger partial charge on any atom is 0.264 e. The average molecular weight is 355 g/mol. The number of pyridine rings is 1. The van der Waals surface area contributed by atoms with Crippen LogP contribution in [0.25, 0.3) is 0 Å². The first kappa shape index (κ1) is 15.0. The molecule has 0 saturated carbocycles. The molecule has 0 atom stereocenters. The first-order valence-corrected chi connectivity index (χ1v) is 8.39. The van der Waals surface area contributed by atoms with Gasteiger partial charge in [0.1, 0.15) is 0 Å². The van der Waals surface area contributed by atoms with E-state index in [1.165, 1.54) is 4.31 Å². The zero-order chi connectivity index (χ0) is 14.8. The molecule has 106 valence electrons. The van der Waals surface area contributed by atoms with E-state index in [1.807, 2.05) is 13.0 Å². The number of aromatic nitrogens is 1. The standard InChI is InChI=1S/C14H15BrN2O2S/c1-3-17(13-6-8-16-9-7-13)20(18,19)14-10-12(15)5-4-11(14)2/h4-10H,3H2,1-2H3. The summed E-state index contributed by atoms with van der Waals surface area (Å²) in [5, 5.41) is 0. The molecule has 4 nitrogen and oxygen atoms in total. The van der Waals surface area contributed by atoms with Gasteiger partial charge in [-0.2, -0.15) is 0 Å². The molecule has 0 amide bonds. The van der Waals surface area contributed by atoms with E-state index in [9.17, 15) is 8.42 Å². The van der Waals surface area contributed by atoms with E-state index in [0.717, 1.165) is 10.0 Å². The fraction of sp³-hybridized carbons (Fsp3) is 0.214. The summed E-state index contributed by atoms with van der Waals surface area (Å²) in [6.07, 6.45) is 3.17. The summed E-state index contributed by atoms with van der Waals surface area (Å²) < 4.78 is 27.8. The second-order valence-electron chi connectivity index (χ2n) is 4.29. The van der Waals surface area contributed by atoms with Gasteiger partial charge in [0.05, 0.1) is 10.6 Å². The molecule has 0 fully saturated rings. The molecule has 2 rings (SSSR count). The summed E-state index contributed by atoms with van der Waals surface area (Å²) in [6.45, 7) is 3.96. The van der Waals surface area contributed by atoms with Crippen molar-refractivity contribution in [2.75, 3.05) is 10.8 Å². The monoisotopic (exact) mass is 354 g/mol. The number of benzene rings is 1. The summed E-state index contributed by atoms with van der Waals surface area (Å²) in [6, 6.07) is 8.63. The minimum Gasteiger partial charge on any atom is -0.266 e. The molecule has 0 radical (unpaired) electrons. The number of aryl methyl sites for hydroxylation is 1. The van der Waals surface area contributed by atoms with Gasteiger partial charge in [-0.05, 0) is 43.7 Å². The Kier molecular flexibility index (Phi) is 4.45. The lowest BCUT2D eigenvalue weighted by Crippen LogP contribution is -2.31. The van der Waals surface area contributed by atoms with E-state index >= 15 is 0 Å². The first-order valence-electron chi connectivity index (χ1n) is 6.15. The number of hydrogen-bond acceptors (Lipinski definition) is 3. The van der Waals surface area contributed by atoms with Gasteiger partial charge in [0, 0.05) is 23.4 Å². The van der Waals surface area contributed by atoms with E-state index in [-0.39, 0.29) is 0 Å². The van der Waals surface area contributed by atoms with Gasteiger partial charge in [-0.25, -0.2) is 8.42 Å². The van der Waals surface area contributed by atoms with Crippen molar-refractivity contribution in [3.8, 4) is 0 Å². The van der Waals surface area contributed by atoms with Crippen LogP contribution in [0.3, 0.4) is 0 Å². The van der Waals surface area contributed by atoms with Crippen molar-refractivity contribution in [1.29, 1.82) is 0 Å². The summed E-state index contributed by atoms with van der Waals surface area (Å²) in [7, 11) is -3.58. The molecule has 0 aliphatic carbocycles. The zero-order valence-electron chi connectivity index (χ0n) is 11.2. The molecular formula is C14H15BrN2O2S. The highest BCUT2D eigenvalue weighted by Gasteiger charge is 2.25. The summed E-state index contributed by atoms with van der Waals surface area (Å²) in [5.41, 5.74) is 1.34. The van der Waals surface area contributed by atoms with Gasteiger partial charge < -0.3 is 0 Å². The molecule has 20 heavy (non-hydrogen) atoms. The number of nitrogens with zero attached hydrogens (tertiary/aromatic N) is 2. The number of hydrogen-bond donors (Lipinski definition) is 0. The fourth-order valence-corrected chi connectivity index (χ4v) is 4.21. The molecule has 1 aromatic heterocycles. The highest BCUT2D eigenvalue weighted by molar-refractivity contribution is 9.10. The summed E-state index contributed by atoms with van der Waals surface area (Å²) >= 11 is 3.32. The Morgan fingerprint density at radius 3 is 2.45 bits per heavy atom. The van der Waals surface area contributed by atoms with Crippen molar-refractivity contribution in [3.05, 3.63) is 52.8 Å². The van der Waals surface area contributed by atoms with Crippen LogP contribution < -0.4 is 4.31 Å². The molecule has 1 heterocycles. The Hall–Kier alpha value is -1.40. The predicted octanol–water partition coefficient (Wildman–Crippen LogP) is 3.37. The van der Waals surface area contributed by atoms with Crippen LogP contribution in [0, 0.1) is 6.92 Å². The van der Waals surface area contributed by atoms with E-state index in [2.05, 4.69) is 20.9 Å². The molecule has 0 N–H and O–H groups in total. The Morgan fingerprint density at radius 2 is 1.85 bits per heavy atom. The van der Waals surface area contributed by atoms with Crippen LogP contribution in [0.5, 0.6) is 0 Å². The maximum atomic E-state index is 12.8. The van der Waals surface area contributed by atoms with E-state index < -0.39 is 10.0 Å². The molecule has 0 aliphatic heterocycles. The lowest BCUT2D eigenvalue weighted by molar-refractivity contribution is 0.591. The van der Waals surface area contributed by atoms with Crippen molar-refractivity contribution < 1.29 is 8.42 Å². The average Bonchev–Trinajstić information content (AvgIpc) is 2.43. The Bertz CT molecular complexity index is 702. The second-order valence-corrected chi connectivity index (χ2v) is 7.03. The largest absolute Gasteiger partial charge is 0.266 e. The summed E-state index contributed by atoms with van der Waals surface area (Å²) in [4.78, 5) is 4.23. The van der Waals surface area contributed by atoms with Crippen LogP contribution in [0.2, 0.25) is 0 Å². The number of anilines is 1. The van der Waals surface area contributed by atoms with Crippen LogP contribution in [-0.2, 0) is 10.0 Å². The zero-order valence-corrected chi connectivity index (χ0v) is 13.6. The maximum absolute atomic E-state index is 12.8. The van der Waals surface area contributed by atoms with Crippen LogP contribution >= 0.6 is 15.9 Å². The molecule has 1 aromatic carbocycles. The lowest BCUT2D eigenvalue weighted by Gasteiger charge is -2.23. The molecule has 0 aliphatic rings. The topological polar surface area (TPSA) is 50.3 Å². The van der Waals surface area contributed by atoms with Crippen LogP contribution in [0.1, 0.15) is 12.5 Å². The minimum absolute atomic E-state index is 0.311. The molecule has 0 bridgehead atoms. The summed E-state index contributed by atoms with van der Waals surface area (Å²) in [5.74, 6) is 0. The third kappa shape index (κ3) is 2.86. The van der Waals surface area contributed by atoms with Gasteiger partial charge in [0.2, 0.25) is 0 Å². The van der Waals surface area contributed by atoms with Crippen molar-refractivity contribution >= 4 is 31.6 Å². The van der Waals surface area contributed by atoms with E-state index in [1.54, 1.807) is 43.6 Å². The van der Waals surface area contributed by atoms with Gasteiger partial charge in [0.15, 0.2) is 0 Å². The van der Waals surface area contributed by atoms with Crippen molar-refractivity contribution in [1.82, 2.24) is 4.98 Å². The molecule has 0 unspecified atom stereocenters. The minimum atomic E-state index is -3.58. The Balaban J connectivity index is 2.56. The second kappa shape index (κ2) is 5.93. The smallest absolute Gasteiger partial charge is 0.264 e. The number of halogens is 1. The third-order valence-electron chi connectivity index (χ3n) is 2.96. The van der Waals surface area contributed by atoms with Crippen LogP contribution in [0.4, 0.5) is 5.69 Å². The van der Waals surface area contributed by atoms with E-state index in [0.29, 0.717) is 17.1 Å². The Labute approximate surface area is 127 Å². The van der Waals surface area contributed by atoms with Gasteiger partial charge >= 0.3 is 0 Å². The van der Waals surface area contributed by atoms with Gasteiger partial charge in [-0.1, -0.05) is 22.0 Å². The SMILES string of the molecule is CCN(c1ccncc1)S(=O)(=O)c1cc(Br)ccc1C. The molecule has 2 aromatic rings. The first-order chi connectivity index (χ1) is 9.46. The van der Waals surface area contributed by atoms with Crippen molar-refractivity contribution in [2.24, 2.45) is 0 Å². The van der Waals surface area contributed by atoms with Crippen LogP contribution in [0.15, 0.2) is 52.1 Å². The third-order valence-corrected chi connectivity index (χ3v) is 5.49. The highest BCUT2D eigenvalue weighted by Crippen LogP contribution is 2.27. The molecule has 6 heteroatoms. The molecule has 0 saturated heterocycles.